The Bertz CT molecular complexity index is 209. The van der Waals surface area contributed by atoms with Crippen molar-refractivity contribution in [3.8, 4) is 6.07 Å². The highest BCUT2D eigenvalue weighted by Gasteiger charge is 2.25. The van der Waals surface area contributed by atoms with E-state index in [0.29, 0.717) is 12.5 Å². The standard InChI is InChI=1S/C12H23N3/c1-2-11-5-8-15(7-4-3-6-13)12(9-11)10-14/h11-12H,2-5,7-10,14H2,1H3. The summed E-state index contributed by atoms with van der Waals surface area (Å²) in [5.41, 5.74) is 5.81. The van der Waals surface area contributed by atoms with Crippen LogP contribution in [0.25, 0.3) is 0 Å². The second-order valence-electron chi connectivity index (χ2n) is 4.49. The fourth-order valence-electron chi connectivity index (χ4n) is 2.45. The molecule has 1 saturated heterocycles. The summed E-state index contributed by atoms with van der Waals surface area (Å²) in [5.74, 6) is 0.866. The minimum Gasteiger partial charge on any atom is -0.329 e. The summed E-state index contributed by atoms with van der Waals surface area (Å²) < 4.78 is 0. The van der Waals surface area contributed by atoms with Crippen LogP contribution in [0.2, 0.25) is 0 Å². The lowest BCUT2D eigenvalue weighted by atomic mass is 9.89. The van der Waals surface area contributed by atoms with Crippen LogP contribution in [0, 0.1) is 17.2 Å². The Hall–Kier alpha value is -0.590. The summed E-state index contributed by atoms with van der Waals surface area (Å²) in [7, 11) is 0. The average molecular weight is 209 g/mol. The van der Waals surface area contributed by atoms with Gasteiger partial charge in [-0.05, 0) is 38.3 Å². The smallest absolute Gasteiger partial charge is 0.0622 e. The molecule has 2 atom stereocenters. The maximum absolute atomic E-state index is 8.51. The molecule has 0 amide bonds. The van der Waals surface area contributed by atoms with Gasteiger partial charge in [0.1, 0.15) is 0 Å². The summed E-state index contributed by atoms with van der Waals surface area (Å²) in [6.45, 7) is 5.25. The second-order valence-corrected chi connectivity index (χ2v) is 4.49. The average Bonchev–Trinajstić information content (AvgIpc) is 2.29. The lowest BCUT2D eigenvalue weighted by molar-refractivity contribution is 0.114. The fourth-order valence-corrected chi connectivity index (χ4v) is 2.45. The van der Waals surface area contributed by atoms with Crippen molar-refractivity contribution in [1.29, 1.82) is 5.26 Å². The summed E-state index contributed by atoms with van der Waals surface area (Å²) in [6, 6.07) is 2.76. The van der Waals surface area contributed by atoms with E-state index in [1.54, 1.807) is 0 Å². The minimum atomic E-state index is 0.558. The van der Waals surface area contributed by atoms with Crippen LogP contribution in [-0.2, 0) is 0 Å². The van der Waals surface area contributed by atoms with E-state index in [0.717, 1.165) is 25.4 Å². The first-order valence-corrected chi connectivity index (χ1v) is 6.12. The Labute approximate surface area is 93.2 Å². The van der Waals surface area contributed by atoms with Gasteiger partial charge in [-0.2, -0.15) is 5.26 Å². The first-order chi connectivity index (χ1) is 7.31. The molecule has 2 unspecified atom stereocenters. The van der Waals surface area contributed by atoms with Gasteiger partial charge in [0.15, 0.2) is 0 Å². The van der Waals surface area contributed by atoms with E-state index < -0.39 is 0 Å². The summed E-state index contributed by atoms with van der Waals surface area (Å²) >= 11 is 0. The lowest BCUT2D eigenvalue weighted by Gasteiger charge is -2.38. The number of nitriles is 1. The Morgan fingerprint density at radius 2 is 2.33 bits per heavy atom. The van der Waals surface area contributed by atoms with E-state index >= 15 is 0 Å². The van der Waals surface area contributed by atoms with Gasteiger partial charge in [-0.15, -0.1) is 0 Å². The summed E-state index contributed by atoms with van der Waals surface area (Å²) in [4.78, 5) is 2.48. The number of piperidine rings is 1. The highest BCUT2D eigenvalue weighted by molar-refractivity contribution is 4.82. The number of rotatable bonds is 5. The topological polar surface area (TPSA) is 53.0 Å². The molecule has 86 valence electrons. The normalized spacial score (nSPS) is 27.5. The molecule has 2 N–H and O–H groups in total. The summed E-state index contributed by atoms with van der Waals surface area (Å²) in [6.07, 6.45) is 5.50. The van der Waals surface area contributed by atoms with Crippen molar-refractivity contribution in [1.82, 2.24) is 4.90 Å². The molecule has 3 heteroatoms. The van der Waals surface area contributed by atoms with Crippen LogP contribution in [0.1, 0.15) is 39.0 Å². The summed E-state index contributed by atoms with van der Waals surface area (Å²) in [5, 5.41) is 8.51. The van der Waals surface area contributed by atoms with Gasteiger partial charge in [-0.3, -0.25) is 4.90 Å². The predicted octanol–water partition coefficient (Wildman–Crippen LogP) is 1.74. The zero-order valence-corrected chi connectivity index (χ0v) is 9.78. The highest BCUT2D eigenvalue weighted by atomic mass is 15.2. The minimum absolute atomic E-state index is 0.558. The number of hydrogen-bond acceptors (Lipinski definition) is 3. The largest absolute Gasteiger partial charge is 0.329 e. The van der Waals surface area contributed by atoms with Crippen LogP contribution in [0.5, 0.6) is 0 Å². The zero-order chi connectivity index (χ0) is 11.1. The predicted molar refractivity (Wildman–Crippen MR) is 62.3 cm³/mol. The van der Waals surface area contributed by atoms with E-state index in [1.807, 2.05) is 0 Å². The molecule has 0 spiro atoms. The first kappa shape index (κ1) is 12.5. The van der Waals surface area contributed by atoms with Gasteiger partial charge in [0, 0.05) is 19.0 Å². The molecule has 0 aromatic heterocycles. The lowest BCUT2D eigenvalue weighted by Crippen LogP contribution is -2.46. The molecule has 1 fully saturated rings. The van der Waals surface area contributed by atoms with Crippen LogP contribution in [0.4, 0.5) is 0 Å². The first-order valence-electron chi connectivity index (χ1n) is 6.12. The molecule has 0 aliphatic carbocycles. The fraction of sp³-hybridized carbons (Fsp3) is 0.917. The number of unbranched alkanes of at least 4 members (excludes halogenated alkanes) is 1. The molecule has 0 aromatic rings. The number of nitrogens with zero attached hydrogens (tertiary/aromatic N) is 2. The van der Waals surface area contributed by atoms with Crippen molar-refractivity contribution in [2.45, 2.75) is 45.1 Å². The number of nitrogens with two attached hydrogens (primary N) is 1. The van der Waals surface area contributed by atoms with Crippen molar-refractivity contribution >= 4 is 0 Å². The van der Waals surface area contributed by atoms with Gasteiger partial charge in [0.2, 0.25) is 0 Å². The van der Waals surface area contributed by atoms with Crippen LogP contribution in [0.15, 0.2) is 0 Å². The van der Waals surface area contributed by atoms with Gasteiger partial charge >= 0.3 is 0 Å². The number of likely N-dealkylation sites (tertiary alicyclic amines) is 1. The Morgan fingerprint density at radius 3 is 2.93 bits per heavy atom. The molecule has 15 heavy (non-hydrogen) atoms. The maximum Gasteiger partial charge on any atom is 0.0622 e. The third-order valence-corrected chi connectivity index (χ3v) is 3.53. The van der Waals surface area contributed by atoms with Crippen LogP contribution in [-0.4, -0.2) is 30.6 Å². The molecule has 3 nitrogen and oxygen atoms in total. The van der Waals surface area contributed by atoms with E-state index in [2.05, 4.69) is 17.9 Å². The van der Waals surface area contributed by atoms with Crippen molar-refractivity contribution in [3.05, 3.63) is 0 Å². The van der Waals surface area contributed by atoms with E-state index in [-0.39, 0.29) is 0 Å². The second kappa shape index (κ2) is 6.81. The molecule has 1 aliphatic rings. The molecule has 0 radical (unpaired) electrons. The maximum atomic E-state index is 8.51. The molecular weight excluding hydrogens is 186 g/mol. The monoisotopic (exact) mass is 209 g/mol. The van der Waals surface area contributed by atoms with Crippen LogP contribution < -0.4 is 5.73 Å². The van der Waals surface area contributed by atoms with Crippen molar-refractivity contribution in [2.24, 2.45) is 11.7 Å². The van der Waals surface area contributed by atoms with Crippen molar-refractivity contribution < 1.29 is 0 Å². The third kappa shape index (κ3) is 3.81. The molecule has 1 aliphatic heterocycles. The Morgan fingerprint density at radius 1 is 1.53 bits per heavy atom. The van der Waals surface area contributed by atoms with E-state index in [9.17, 15) is 0 Å². The number of hydrogen-bond donors (Lipinski definition) is 1. The zero-order valence-electron chi connectivity index (χ0n) is 9.78. The highest BCUT2D eigenvalue weighted by Crippen LogP contribution is 2.24. The third-order valence-electron chi connectivity index (χ3n) is 3.53. The van der Waals surface area contributed by atoms with Gasteiger partial charge in [-0.25, -0.2) is 0 Å². The Kier molecular flexibility index (Phi) is 5.67. The van der Waals surface area contributed by atoms with E-state index in [4.69, 9.17) is 11.0 Å². The molecule has 0 saturated carbocycles. The molecule has 0 aromatic carbocycles. The van der Waals surface area contributed by atoms with Crippen molar-refractivity contribution in [2.75, 3.05) is 19.6 Å². The van der Waals surface area contributed by atoms with Crippen LogP contribution >= 0.6 is 0 Å². The Balaban J connectivity index is 2.34. The quantitative estimate of drug-likeness (QED) is 0.702. The van der Waals surface area contributed by atoms with Gasteiger partial charge < -0.3 is 5.73 Å². The molecular formula is C12H23N3. The SMILES string of the molecule is CCC1CCN(CCCC#N)C(CN)C1. The molecule has 0 bridgehead atoms. The van der Waals surface area contributed by atoms with Crippen LogP contribution in [0.3, 0.4) is 0 Å². The van der Waals surface area contributed by atoms with Gasteiger partial charge in [0.25, 0.3) is 0 Å². The van der Waals surface area contributed by atoms with Gasteiger partial charge in [0.05, 0.1) is 6.07 Å². The van der Waals surface area contributed by atoms with Gasteiger partial charge in [-0.1, -0.05) is 13.3 Å². The molecule has 1 rings (SSSR count). The molecule has 1 heterocycles. The van der Waals surface area contributed by atoms with E-state index in [1.165, 1.54) is 25.8 Å². The van der Waals surface area contributed by atoms with Crippen molar-refractivity contribution in [3.63, 3.8) is 0 Å².